The van der Waals surface area contributed by atoms with Crippen LogP contribution in [-0.2, 0) is 17.7 Å². The van der Waals surface area contributed by atoms with Crippen LogP contribution in [0, 0.1) is 5.41 Å². The van der Waals surface area contributed by atoms with Gasteiger partial charge in [-0.15, -0.1) is 0 Å². The Bertz CT molecular complexity index is 438. The maximum absolute atomic E-state index is 5.80. The van der Waals surface area contributed by atoms with E-state index in [1.165, 1.54) is 11.1 Å². The molecule has 2 aliphatic heterocycles. The second kappa shape index (κ2) is 5.49. The van der Waals surface area contributed by atoms with Crippen LogP contribution in [-0.4, -0.2) is 32.9 Å². The van der Waals surface area contributed by atoms with Crippen LogP contribution in [0.2, 0.25) is 0 Å². The van der Waals surface area contributed by atoms with Gasteiger partial charge >= 0.3 is 0 Å². The molecule has 0 aromatic heterocycles. The molecule has 3 rings (SSSR count). The minimum atomic E-state index is 0.164. The minimum absolute atomic E-state index is 0.164. The van der Waals surface area contributed by atoms with E-state index in [1.54, 1.807) is 0 Å². The molecule has 1 saturated heterocycles. The minimum Gasteiger partial charge on any atom is -0.493 e. The number of fused-ring (bicyclic) bond motifs is 1. The van der Waals surface area contributed by atoms with Gasteiger partial charge in [0, 0.05) is 25.0 Å². The molecule has 0 saturated carbocycles. The summed E-state index contributed by atoms with van der Waals surface area (Å²) in [5.41, 5.74) is 8.62. The summed E-state index contributed by atoms with van der Waals surface area (Å²) in [6.07, 6.45) is 2.25. The fourth-order valence-electron chi connectivity index (χ4n) is 2.68. The third-order valence-electron chi connectivity index (χ3n) is 4.05. The lowest BCUT2D eigenvalue weighted by atomic mass is 9.86. The summed E-state index contributed by atoms with van der Waals surface area (Å²) in [6, 6.07) is 6.49. The summed E-state index contributed by atoms with van der Waals surface area (Å²) in [5, 5.41) is 3.50. The van der Waals surface area contributed by atoms with Crippen molar-refractivity contribution in [2.24, 2.45) is 11.1 Å². The molecule has 0 aliphatic carbocycles. The van der Waals surface area contributed by atoms with Crippen molar-refractivity contribution in [1.29, 1.82) is 0 Å². The number of benzene rings is 1. The first-order valence-corrected chi connectivity index (χ1v) is 7.04. The van der Waals surface area contributed by atoms with Crippen molar-refractivity contribution in [3.8, 4) is 5.75 Å². The van der Waals surface area contributed by atoms with Crippen LogP contribution in [0.25, 0.3) is 0 Å². The third kappa shape index (κ3) is 2.76. The van der Waals surface area contributed by atoms with Crippen molar-refractivity contribution in [2.75, 3.05) is 32.9 Å². The SMILES string of the molecule is NCC1(CNCc2ccc3c(c2)CCCO3)COC1. The second-order valence-corrected chi connectivity index (χ2v) is 5.69. The topological polar surface area (TPSA) is 56.5 Å². The van der Waals surface area contributed by atoms with Crippen LogP contribution in [0.15, 0.2) is 18.2 Å². The zero-order chi connectivity index (χ0) is 13.1. The molecule has 19 heavy (non-hydrogen) atoms. The fourth-order valence-corrected chi connectivity index (χ4v) is 2.68. The Morgan fingerprint density at radius 2 is 2.21 bits per heavy atom. The van der Waals surface area contributed by atoms with E-state index in [4.69, 9.17) is 15.2 Å². The van der Waals surface area contributed by atoms with Gasteiger partial charge < -0.3 is 20.5 Å². The Labute approximate surface area is 114 Å². The van der Waals surface area contributed by atoms with Gasteiger partial charge in [0.1, 0.15) is 5.75 Å². The fraction of sp³-hybridized carbons (Fsp3) is 0.600. The van der Waals surface area contributed by atoms with Gasteiger partial charge in [0.2, 0.25) is 0 Å². The van der Waals surface area contributed by atoms with Crippen molar-refractivity contribution in [2.45, 2.75) is 19.4 Å². The van der Waals surface area contributed by atoms with E-state index >= 15 is 0 Å². The van der Waals surface area contributed by atoms with E-state index < -0.39 is 0 Å². The van der Waals surface area contributed by atoms with Gasteiger partial charge in [0.15, 0.2) is 0 Å². The molecule has 2 heterocycles. The normalized spacial score (nSPS) is 20.3. The van der Waals surface area contributed by atoms with Gasteiger partial charge in [-0.05, 0) is 30.0 Å². The summed E-state index contributed by atoms with van der Waals surface area (Å²) < 4.78 is 10.9. The van der Waals surface area contributed by atoms with Gasteiger partial charge in [0.05, 0.1) is 19.8 Å². The molecule has 0 amide bonds. The smallest absolute Gasteiger partial charge is 0.122 e. The molecule has 0 atom stereocenters. The Morgan fingerprint density at radius 1 is 1.32 bits per heavy atom. The lowest BCUT2D eigenvalue weighted by molar-refractivity contribution is -0.105. The molecule has 0 radical (unpaired) electrons. The average molecular weight is 262 g/mol. The second-order valence-electron chi connectivity index (χ2n) is 5.69. The van der Waals surface area contributed by atoms with Gasteiger partial charge in [-0.1, -0.05) is 12.1 Å². The number of hydrogen-bond acceptors (Lipinski definition) is 4. The van der Waals surface area contributed by atoms with Crippen molar-refractivity contribution in [1.82, 2.24) is 5.32 Å². The molecule has 0 unspecified atom stereocenters. The van der Waals surface area contributed by atoms with E-state index in [-0.39, 0.29) is 5.41 Å². The van der Waals surface area contributed by atoms with Crippen LogP contribution in [0.4, 0.5) is 0 Å². The standard InChI is InChI=1S/C15H22N2O2/c16-8-15(10-18-11-15)9-17-7-12-3-4-14-13(6-12)2-1-5-19-14/h3-4,6,17H,1-2,5,7-11,16H2. The van der Waals surface area contributed by atoms with Crippen molar-refractivity contribution in [3.63, 3.8) is 0 Å². The van der Waals surface area contributed by atoms with Crippen molar-refractivity contribution < 1.29 is 9.47 Å². The van der Waals surface area contributed by atoms with Crippen LogP contribution < -0.4 is 15.8 Å². The number of aryl methyl sites for hydroxylation is 1. The molecule has 1 aromatic carbocycles. The molecular formula is C15H22N2O2. The Morgan fingerprint density at radius 3 is 2.95 bits per heavy atom. The van der Waals surface area contributed by atoms with E-state index in [9.17, 15) is 0 Å². The summed E-state index contributed by atoms with van der Waals surface area (Å²) in [7, 11) is 0. The first-order valence-electron chi connectivity index (χ1n) is 7.04. The number of rotatable bonds is 5. The van der Waals surface area contributed by atoms with E-state index in [1.807, 2.05) is 0 Å². The first kappa shape index (κ1) is 12.9. The molecule has 1 fully saturated rings. The molecule has 4 nitrogen and oxygen atoms in total. The van der Waals surface area contributed by atoms with Crippen LogP contribution in [0.3, 0.4) is 0 Å². The van der Waals surface area contributed by atoms with Gasteiger partial charge in [-0.2, -0.15) is 0 Å². The number of nitrogens with one attached hydrogen (secondary N) is 1. The number of ether oxygens (including phenoxy) is 2. The molecule has 2 aliphatic rings. The summed E-state index contributed by atoms with van der Waals surface area (Å²) in [4.78, 5) is 0. The van der Waals surface area contributed by atoms with E-state index in [0.717, 1.165) is 51.5 Å². The van der Waals surface area contributed by atoms with Gasteiger partial charge in [-0.25, -0.2) is 0 Å². The largest absolute Gasteiger partial charge is 0.493 e. The van der Waals surface area contributed by atoms with Crippen LogP contribution >= 0.6 is 0 Å². The highest BCUT2D eigenvalue weighted by Gasteiger charge is 2.36. The molecule has 104 valence electrons. The Kier molecular flexibility index (Phi) is 3.73. The maximum Gasteiger partial charge on any atom is 0.122 e. The molecule has 4 heteroatoms. The molecule has 1 aromatic rings. The predicted molar refractivity (Wildman–Crippen MR) is 74.3 cm³/mol. The molecule has 3 N–H and O–H groups in total. The van der Waals surface area contributed by atoms with Gasteiger partial charge in [0.25, 0.3) is 0 Å². The lowest BCUT2D eigenvalue weighted by Gasteiger charge is -2.40. The zero-order valence-electron chi connectivity index (χ0n) is 11.3. The predicted octanol–water partition coefficient (Wildman–Crippen LogP) is 1.08. The quantitative estimate of drug-likeness (QED) is 0.833. The summed E-state index contributed by atoms with van der Waals surface area (Å²) >= 11 is 0. The highest BCUT2D eigenvalue weighted by Crippen LogP contribution is 2.26. The highest BCUT2D eigenvalue weighted by atomic mass is 16.5. The third-order valence-corrected chi connectivity index (χ3v) is 4.05. The number of hydrogen-bond donors (Lipinski definition) is 2. The lowest BCUT2D eigenvalue weighted by Crippen LogP contribution is -2.54. The highest BCUT2D eigenvalue weighted by molar-refractivity contribution is 5.38. The molecular weight excluding hydrogens is 240 g/mol. The Balaban J connectivity index is 1.55. The monoisotopic (exact) mass is 262 g/mol. The van der Waals surface area contributed by atoms with Crippen molar-refractivity contribution in [3.05, 3.63) is 29.3 Å². The van der Waals surface area contributed by atoms with Crippen molar-refractivity contribution >= 4 is 0 Å². The Hall–Kier alpha value is -1.10. The first-order chi connectivity index (χ1) is 9.31. The maximum atomic E-state index is 5.80. The molecule has 0 bridgehead atoms. The van der Waals surface area contributed by atoms with Crippen LogP contribution in [0.5, 0.6) is 5.75 Å². The van der Waals surface area contributed by atoms with E-state index in [2.05, 4.69) is 23.5 Å². The van der Waals surface area contributed by atoms with Gasteiger partial charge in [-0.3, -0.25) is 0 Å². The summed E-state index contributed by atoms with van der Waals surface area (Å²) in [6.45, 7) is 4.93. The summed E-state index contributed by atoms with van der Waals surface area (Å²) in [5.74, 6) is 1.06. The zero-order valence-corrected chi connectivity index (χ0v) is 11.3. The van der Waals surface area contributed by atoms with Crippen LogP contribution in [0.1, 0.15) is 17.5 Å². The van der Waals surface area contributed by atoms with E-state index in [0.29, 0.717) is 6.54 Å². The number of nitrogens with two attached hydrogens (primary N) is 1. The average Bonchev–Trinajstić information content (AvgIpc) is 2.42. The molecule has 0 spiro atoms.